The van der Waals surface area contributed by atoms with Crippen LogP contribution in [-0.2, 0) is 12.0 Å². The smallest absolute Gasteiger partial charge is 0.122 e. The van der Waals surface area contributed by atoms with E-state index in [4.69, 9.17) is 11.1 Å². The molecule has 1 fully saturated rings. The fourth-order valence-electron chi connectivity index (χ4n) is 7.47. The summed E-state index contributed by atoms with van der Waals surface area (Å²) in [5, 5.41) is 10.1. The third kappa shape index (κ3) is 4.11. The molecule has 0 bridgehead atoms. The van der Waals surface area contributed by atoms with Gasteiger partial charge in [0.25, 0.3) is 0 Å². The zero-order valence-corrected chi connectivity index (χ0v) is 23.9. The van der Waals surface area contributed by atoms with Crippen molar-refractivity contribution in [1.29, 1.82) is 5.41 Å². The van der Waals surface area contributed by atoms with E-state index in [1.54, 1.807) is 5.56 Å². The fraction of sp³-hybridized carbons (Fsp3) is 0.500. The number of nitrogens with one attached hydrogen (secondary N) is 1. The number of nitrogen functional groups attached to an aromatic ring is 1. The molecule has 5 rings (SSSR count). The van der Waals surface area contributed by atoms with Crippen LogP contribution in [0, 0.1) is 16.2 Å². The van der Waals surface area contributed by atoms with Gasteiger partial charge in [-0.05, 0) is 75.2 Å². The number of rotatable bonds is 7. The molecule has 3 nitrogen and oxygen atoms in total. The summed E-state index contributed by atoms with van der Waals surface area (Å²) in [5.41, 5.74) is 13.1. The van der Waals surface area contributed by atoms with Crippen LogP contribution >= 0.6 is 0 Å². The molecule has 0 spiro atoms. The zero-order valence-electron chi connectivity index (χ0n) is 23.9. The minimum atomic E-state index is 0.101. The van der Waals surface area contributed by atoms with E-state index >= 15 is 0 Å². The Bertz CT molecular complexity index is 1330. The van der Waals surface area contributed by atoms with E-state index < -0.39 is 0 Å². The molecule has 0 saturated heterocycles. The molecular weight excluding hydrogens is 450 g/mol. The molecular formula is C34H45N3. The first-order valence-electron chi connectivity index (χ1n) is 14.1. The Kier molecular flexibility index (Phi) is 6.30. The van der Waals surface area contributed by atoms with E-state index in [0.29, 0.717) is 11.8 Å². The van der Waals surface area contributed by atoms with Gasteiger partial charge < -0.3 is 10.6 Å². The second-order valence-electron chi connectivity index (χ2n) is 13.2. The second kappa shape index (κ2) is 8.98. The van der Waals surface area contributed by atoms with Gasteiger partial charge in [-0.25, -0.2) is 0 Å². The van der Waals surface area contributed by atoms with Crippen LogP contribution < -0.4 is 5.73 Å². The van der Waals surface area contributed by atoms with Crippen molar-refractivity contribution in [3.8, 4) is 0 Å². The Morgan fingerprint density at radius 2 is 1.46 bits per heavy atom. The quantitative estimate of drug-likeness (QED) is 0.258. The zero-order chi connectivity index (χ0) is 26.8. The third-order valence-corrected chi connectivity index (χ3v) is 10.4. The summed E-state index contributed by atoms with van der Waals surface area (Å²) in [5.74, 6) is 1.29. The van der Waals surface area contributed by atoms with Gasteiger partial charge in [-0.3, -0.25) is 5.41 Å². The Morgan fingerprint density at radius 3 is 2.08 bits per heavy atom. The number of fused-ring (bicyclic) bond motifs is 2. The van der Waals surface area contributed by atoms with Gasteiger partial charge in [0.15, 0.2) is 0 Å². The molecule has 3 N–H and O–H groups in total. The Balaban J connectivity index is 1.53. The van der Waals surface area contributed by atoms with E-state index in [1.807, 2.05) is 12.1 Å². The highest BCUT2D eigenvalue weighted by molar-refractivity contribution is 5.99. The summed E-state index contributed by atoms with van der Waals surface area (Å²) in [6, 6.07) is 20.4. The highest BCUT2D eigenvalue weighted by Crippen LogP contribution is 2.61. The number of likely N-dealkylation sites (N-methyl/N-ethyl adjacent to an activating group) is 1. The summed E-state index contributed by atoms with van der Waals surface area (Å²) in [6.45, 7) is 16.9. The summed E-state index contributed by atoms with van der Waals surface area (Å²) in [6.07, 6.45) is 3.56. The second-order valence-corrected chi connectivity index (χ2v) is 13.2. The first kappa shape index (κ1) is 26.0. The molecule has 3 aromatic rings. The molecule has 0 aromatic heterocycles. The van der Waals surface area contributed by atoms with Crippen LogP contribution in [0.2, 0.25) is 0 Å². The predicted molar refractivity (Wildman–Crippen MR) is 158 cm³/mol. The van der Waals surface area contributed by atoms with Crippen molar-refractivity contribution >= 4 is 16.6 Å². The summed E-state index contributed by atoms with van der Waals surface area (Å²) >= 11 is 0. The average Bonchev–Trinajstić information content (AvgIpc) is 3.68. The van der Waals surface area contributed by atoms with Crippen molar-refractivity contribution in [2.45, 2.75) is 84.6 Å². The minimum Gasteiger partial charge on any atom is -0.384 e. The topological polar surface area (TPSA) is 53.1 Å². The SMILES string of the molecule is CCC(C)(C)C1(C(C)(C)CC)CN(C)Cc2ccc(C3CC3c3ccc4cc(C(=N)N)ccc4c3)cc21. The van der Waals surface area contributed by atoms with Crippen molar-refractivity contribution in [3.05, 3.63) is 82.4 Å². The lowest BCUT2D eigenvalue weighted by Crippen LogP contribution is -2.60. The van der Waals surface area contributed by atoms with Gasteiger partial charge in [-0.1, -0.05) is 103 Å². The number of nitrogens with two attached hydrogens (primary N) is 1. The normalized spacial score (nSPS) is 21.6. The van der Waals surface area contributed by atoms with Crippen LogP contribution in [0.4, 0.5) is 0 Å². The average molecular weight is 496 g/mol. The molecule has 1 aliphatic heterocycles. The van der Waals surface area contributed by atoms with Gasteiger partial charge in [0.1, 0.15) is 5.84 Å². The van der Waals surface area contributed by atoms with Gasteiger partial charge >= 0.3 is 0 Å². The molecule has 1 heterocycles. The number of hydrogen-bond acceptors (Lipinski definition) is 2. The maximum Gasteiger partial charge on any atom is 0.122 e. The molecule has 3 heteroatoms. The molecule has 37 heavy (non-hydrogen) atoms. The van der Waals surface area contributed by atoms with Gasteiger partial charge in [-0.2, -0.15) is 0 Å². The standard InChI is InChI=1S/C34H45N3/c1-8-32(3,4)34(33(5,6)9-2)21-37(7)20-27-15-13-25(18-30(27)34)29-19-28(29)24-12-10-23-17-26(31(35)36)14-11-22(23)16-24/h10-18,28-29H,8-9,19-21H2,1-7H3,(H3,35,36). The van der Waals surface area contributed by atoms with E-state index in [1.165, 1.54) is 41.3 Å². The molecule has 1 aliphatic carbocycles. The van der Waals surface area contributed by atoms with Gasteiger partial charge in [0.2, 0.25) is 0 Å². The van der Waals surface area contributed by atoms with Crippen LogP contribution in [0.15, 0.2) is 54.6 Å². The van der Waals surface area contributed by atoms with Crippen LogP contribution in [0.5, 0.6) is 0 Å². The Labute approximate surface area is 224 Å². The van der Waals surface area contributed by atoms with Crippen molar-refractivity contribution in [1.82, 2.24) is 4.90 Å². The Hall–Kier alpha value is -2.65. The monoisotopic (exact) mass is 495 g/mol. The molecule has 2 unspecified atom stereocenters. The molecule has 2 aliphatic rings. The van der Waals surface area contributed by atoms with Crippen molar-refractivity contribution in [2.24, 2.45) is 16.6 Å². The van der Waals surface area contributed by atoms with Crippen LogP contribution in [0.25, 0.3) is 10.8 Å². The highest BCUT2D eigenvalue weighted by Gasteiger charge is 2.57. The largest absolute Gasteiger partial charge is 0.384 e. The van der Waals surface area contributed by atoms with E-state index in [0.717, 1.165) is 24.0 Å². The van der Waals surface area contributed by atoms with Crippen molar-refractivity contribution in [2.75, 3.05) is 13.6 Å². The lowest BCUT2D eigenvalue weighted by Gasteiger charge is -2.60. The molecule has 2 atom stereocenters. The van der Waals surface area contributed by atoms with Crippen LogP contribution in [0.3, 0.4) is 0 Å². The van der Waals surface area contributed by atoms with E-state index in [-0.39, 0.29) is 22.1 Å². The number of hydrogen-bond donors (Lipinski definition) is 2. The minimum absolute atomic E-state index is 0.101. The Morgan fingerprint density at radius 1 is 0.892 bits per heavy atom. The molecule has 0 amide bonds. The first-order chi connectivity index (χ1) is 17.4. The van der Waals surface area contributed by atoms with Crippen molar-refractivity contribution in [3.63, 3.8) is 0 Å². The maximum atomic E-state index is 7.73. The first-order valence-corrected chi connectivity index (χ1v) is 14.1. The van der Waals surface area contributed by atoms with Crippen LogP contribution in [0.1, 0.15) is 100 Å². The van der Waals surface area contributed by atoms with Gasteiger partial charge in [0.05, 0.1) is 0 Å². The van der Waals surface area contributed by atoms with E-state index in [9.17, 15) is 0 Å². The molecule has 1 saturated carbocycles. The molecule has 3 aromatic carbocycles. The van der Waals surface area contributed by atoms with Crippen LogP contribution in [-0.4, -0.2) is 24.3 Å². The van der Waals surface area contributed by atoms with Crippen molar-refractivity contribution < 1.29 is 0 Å². The number of amidine groups is 1. The summed E-state index contributed by atoms with van der Waals surface area (Å²) < 4.78 is 0. The molecule has 196 valence electrons. The maximum absolute atomic E-state index is 7.73. The lowest BCUT2D eigenvalue weighted by molar-refractivity contribution is -0.0186. The van der Waals surface area contributed by atoms with E-state index in [2.05, 4.69) is 96.0 Å². The summed E-state index contributed by atoms with van der Waals surface area (Å²) in [4.78, 5) is 2.56. The summed E-state index contributed by atoms with van der Waals surface area (Å²) in [7, 11) is 2.30. The third-order valence-electron chi connectivity index (χ3n) is 10.4. The fourth-order valence-corrected chi connectivity index (χ4v) is 7.47. The number of benzene rings is 3. The highest BCUT2D eigenvalue weighted by atomic mass is 15.1. The predicted octanol–water partition coefficient (Wildman–Crippen LogP) is 7.95. The van der Waals surface area contributed by atoms with Gasteiger partial charge in [0, 0.05) is 24.1 Å². The molecule has 0 radical (unpaired) electrons. The number of nitrogens with zero attached hydrogens (tertiary/aromatic N) is 1. The lowest BCUT2D eigenvalue weighted by atomic mass is 9.47. The van der Waals surface area contributed by atoms with Gasteiger partial charge in [-0.15, -0.1) is 0 Å².